The Hall–Kier alpha value is -1.03. The molecule has 18 heavy (non-hydrogen) atoms. The molecule has 2 unspecified atom stereocenters. The first-order valence-electron chi connectivity index (χ1n) is 6.59. The molecule has 2 atom stereocenters. The average molecular weight is 255 g/mol. The first kappa shape index (κ1) is 15.0. The van der Waals surface area contributed by atoms with Gasteiger partial charge in [-0.25, -0.2) is 4.79 Å². The molecule has 0 aliphatic heterocycles. The summed E-state index contributed by atoms with van der Waals surface area (Å²) in [5.41, 5.74) is 0.139. The lowest BCUT2D eigenvalue weighted by Gasteiger charge is -2.29. The SMILES string of the molecule is COC(=O)OC1/C=C/CC(NC(C)(C)C)CCC1. The Balaban J connectivity index is 2.45. The topological polar surface area (TPSA) is 47.6 Å². The molecule has 1 aliphatic carbocycles. The molecule has 104 valence electrons. The molecule has 4 heteroatoms. The summed E-state index contributed by atoms with van der Waals surface area (Å²) < 4.78 is 9.65. The van der Waals surface area contributed by atoms with Gasteiger partial charge in [0.2, 0.25) is 0 Å². The summed E-state index contributed by atoms with van der Waals surface area (Å²) in [7, 11) is 1.33. The molecule has 0 saturated heterocycles. The fourth-order valence-electron chi connectivity index (χ4n) is 2.19. The summed E-state index contributed by atoms with van der Waals surface area (Å²) in [6.45, 7) is 6.54. The van der Waals surface area contributed by atoms with E-state index in [1.54, 1.807) is 0 Å². The summed E-state index contributed by atoms with van der Waals surface area (Å²) >= 11 is 0. The molecular formula is C14H25NO3. The van der Waals surface area contributed by atoms with Crippen molar-refractivity contribution in [2.24, 2.45) is 0 Å². The van der Waals surface area contributed by atoms with E-state index in [1.807, 2.05) is 6.08 Å². The van der Waals surface area contributed by atoms with Gasteiger partial charge in [-0.3, -0.25) is 0 Å². The van der Waals surface area contributed by atoms with Crippen molar-refractivity contribution in [2.45, 2.75) is 64.1 Å². The molecule has 0 saturated carbocycles. The third-order valence-electron chi connectivity index (χ3n) is 2.86. The highest BCUT2D eigenvalue weighted by molar-refractivity contribution is 5.60. The highest BCUT2D eigenvalue weighted by Gasteiger charge is 2.19. The standard InChI is InChI=1S/C14H25NO3/c1-14(2,3)15-11-7-5-9-12(10-6-8-11)18-13(16)17-4/h5,9,11-12,15H,6-8,10H2,1-4H3/b9-5+. The van der Waals surface area contributed by atoms with E-state index in [2.05, 4.69) is 36.9 Å². The van der Waals surface area contributed by atoms with Crippen LogP contribution in [0.1, 0.15) is 46.5 Å². The molecule has 0 spiro atoms. The van der Waals surface area contributed by atoms with E-state index < -0.39 is 6.16 Å². The van der Waals surface area contributed by atoms with Crippen molar-refractivity contribution >= 4 is 6.16 Å². The first-order valence-corrected chi connectivity index (χ1v) is 6.59. The van der Waals surface area contributed by atoms with Crippen LogP contribution in [-0.2, 0) is 9.47 Å². The molecule has 0 fully saturated rings. The zero-order valence-electron chi connectivity index (χ0n) is 11.9. The van der Waals surface area contributed by atoms with Gasteiger partial charge in [-0.15, -0.1) is 0 Å². The lowest BCUT2D eigenvalue weighted by Crippen LogP contribution is -2.43. The van der Waals surface area contributed by atoms with Crippen molar-refractivity contribution in [3.8, 4) is 0 Å². The fourth-order valence-corrected chi connectivity index (χ4v) is 2.19. The first-order chi connectivity index (χ1) is 8.40. The third-order valence-corrected chi connectivity index (χ3v) is 2.86. The van der Waals surface area contributed by atoms with Crippen molar-refractivity contribution in [1.82, 2.24) is 5.32 Å². The largest absolute Gasteiger partial charge is 0.508 e. The highest BCUT2D eigenvalue weighted by Crippen LogP contribution is 2.17. The van der Waals surface area contributed by atoms with Crippen molar-refractivity contribution in [3.63, 3.8) is 0 Å². The van der Waals surface area contributed by atoms with Gasteiger partial charge in [-0.2, -0.15) is 0 Å². The minimum Gasteiger partial charge on any atom is -0.438 e. The molecule has 0 aromatic carbocycles. The molecule has 1 rings (SSSR count). The molecule has 0 amide bonds. The van der Waals surface area contributed by atoms with E-state index in [9.17, 15) is 4.79 Å². The van der Waals surface area contributed by atoms with Crippen LogP contribution in [0.4, 0.5) is 4.79 Å². The van der Waals surface area contributed by atoms with E-state index in [-0.39, 0.29) is 11.6 Å². The van der Waals surface area contributed by atoms with Crippen LogP contribution in [-0.4, -0.2) is 30.9 Å². The van der Waals surface area contributed by atoms with Crippen LogP contribution in [0, 0.1) is 0 Å². The predicted octanol–water partition coefficient (Wildman–Crippen LogP) is 3.02. The van der Waals surface area contributed by atoms with Crippen molar-refractivity contribution in [1.29, 1.82) is 0 Å². The lowest BCUT2D eigenvalue weighted by molar-refractivity contribution is 0.0484. The van der Waals surface area contributed by atoms with Gasteiger partial charge in [-0.05, 0) is 52.5 Å². The van der Waals surface area contributed by atoms with Gasteiger partial charge >= 0.3 is 6.16 Å². The maximum absolute atomic E-state index is 11.0. The second-order valence-electron chi connectivity index (χ2n) is 5.80. The maximum Gasteiger partial charge on any atom is 0.508 e. The molecule has 0 bridgehead atoms. The van der Waals surface area contributed by atoms with Gasteiger partial charge in [0.1, 0.15) is 6.10 Å². The van der Waals surface area contributed by atoms with Crippen LogP contribution in [0.5, 0.6) is 0 Å². The Bertz CT molecular complexity index is 294. The van der Waals surface area contributed by atoms with Gasteiger partial charge in [0.15, 0.2) is 0 Å². The zero-order valence-corrected chi connectivity index (χ0v) is 11.9. The van der Waals surface area contributed by atoms with Gasteiger partial charge in [0, 0.05) is 11.6 Å². The molecule has 1 N–H and O–H groups in total. The Morgan fingerprint density at radius 3 is 2.67 bits per heavy atom. The number of rotatable bonds is 2. The molecule has 1 aliphatic rings. The molecule has 4 nitrogen and oxygen atoms in total. The quantitative estimate of drug-likeness (QED) is 0.608. The molecule has 0 aromatic heterocycles. The van der Waals surface area contributed by atoms with E-state index in [0.717, 1.165) is 25.7 Å². The fraction of sp³-hybridized carbons (Fsp3) is 0.786. The molecule has 0 heterocycles. The zero-order chi connectivity index (χ0) is 13.6. The summed E-state index contributed by atoms with van der Waals surface area (Å²) in [4.78, 5) is 11.0. The van der Waals surface area contributed by atoms with Gasteiger partial charge < -0.3 is 14.8 Å². The van der Waals surface area contributed by atoms with Crippen LogP contribution in [0.15, 0.2) is 12.2 Å². The van der Waals surface area contributed by atoms with Crippen LogP contribution < -0.4 is 5.32 Å². The van der Waals surface area contributed by atoms with E-state index in [4.69, 9.17) is 4.74 Å². The molecular weight excluding hydrogens is 230 g/mol. The van der Waals surface area contributed by atoms with E-state index in [0.29, 0.717) is 6.04 Å². The molecule has 0 radical (unpaired) electrons. The van der Waals surface area contributed by atoms with Crippen molar-refractivity contribution in [2.75, 3.05) is 7.11 Å². The number of carbonyl (C=O) groups excluding carboxylic acids is 1. The minimum absolute atomic E-state index is 0.139. The maximum atomic E-state index is 11.0. The van der Waals surface area contributed by atoms with Crippen LogP contribution >= 0.6 is 0 Å². The monoisotopic (exact) mass is 255 g/mol. The Kier molecular flexibility index (Phi) is 5.66. The summed E-state index contributed by atoms with van der Waals surface area (Å²) in [6, 6.07) is 0.500. The van der Waals surface area contributed by atoms with Crippen molar-refractivity contribution in [3.05, 3.63) is 12.2 Å². The minimum atomic E-state index is -0.602. The third kappa shape index (κ3) is 6.05. The second kappa shape index (κ2) is 6.78. The van der Waals surface area contributed by atoms with Gasteiger partial charge in [0.25, 0.3) is 0 Å². The van der Waals surface area contributed by atoms with Crippen LogP contribution in [0.2, 0.25) is 0 Å². The average Bonchev–Trinajstić information content (AvgIpc) is 2.22. The van der Waals surface area contributed by atoms with E-state index in [1.165, 1.54) is 7.11 Å². The number of carbonyl (C=O) groups is 1. The number of hydrogen-bond acceptors (Lipinski definition) is 4. The summed E-state index contributed by atoms with van der Waals surface area (Å²) in [6.07, 6.45) is 7.28. The highest BCUT2D eigenvalue weighted by atomic mass is 16.7. The van der Waals surface area contributed by atoms with Gasteiger partial charge in [-0.1, -0.05) is 6.08 Å². The van der Waals surface area contributed by atoms with Gasteiger partial charge in [0.05, 0.1) is 7.11 Å². The number of ether oxygens (including phenoxy) is 2. The summed E-state index contributed by atoms with van der Waals surface area (Å²) in [5, 5.41) is 3.61. The Labute approximate surface area is 110 Å². The molecule has 0 aromatic rings. The normalized spacial score (nSPS) is 26.9. The lowest BCUT2D eigenvalue weighted by atomic mass is 9.97. The smallest absolute Gasteiger partial charge is 0.438 e. The van der Waals surface area contributed by atoms with Crippen molar-refractivity contribution < 1.29 is 14.3 Å². The number of hydrogen-bond donors (Lipinski definition) is 1. The number of methoxy groups -OCH3 is 1. The number of nitrogens with one attached hydrogen (secondary N) is 1. The van der Waals surface area contributed by atoms with Crippen LogP contribution in [0.25, 0.3) is 0 Å². The Morgan fingerprint density at radius 1 is 1.33 bits per heavy atom. The second-order valence-corrected chi connectivity index (χ2v) is 5.80. The Morgan fingerprint density at radius 2 is 2.06 bits per heavy atom. The summed E-state index contributed by atoms with van der Waals surface area (Å²) in [5.74, 6) is 0. The van der Waals surface area contributed by atoms with E-state index >= 15 is 0 Å². The predicted molar refractivity (Wildman–Crippen MR) is 71.6 cm³/mol. The van der Waals surface area contributed by atoms with Crippen LogP contribution in [0.3, 0.4) is 0 Å².